The zero-order valence-electron chi connectivity index (χ0n) is 10.7. The Balaban J connectivity index is 2.48. The maximum Gasteiger partial charge on any atom is 0.306 e. The van der Waals surface area contributed by atoms with Crippen LogP contribution in [0.1, 0.15) is 33.1 Å². The maximum atomic E-state index is 11.5. The second-order valence-electron chi connectivity index (χ2n) is 4.87. The van der Waals surface area contributed by atoms with Crippen molar-refractivity contribution in [3.8, 4) is 0 Å². The van der Waals surface area contributed by atoms with Crippen molar-refractivity contribution in [2.75, 3.05) is 19.3 Å². The number of esters is 1. The van der Waals surface area contributed by atoms with E-state index in [1.165, 1.54) is 10.6 Å². The van der Waals surface area contributed by atoms with E-state index in [-0.39, 0.29) is 18.0 Å². The van der Waals surface area contributed by atoms with Crippen LogP contribution in [-0.4, -0.2) is 44.1 Å². The molecule has 0 aliphatic carbocycles. The first-order valence-corrected chi connectivity index (χ1v) is 7.78. The normalized spacial score (nSPS) is 22.7. The number of ether oxygens (including phenoxy) is 1. The molecule has 0 aromatic rings. The van der Waals surface area contributed by atoms with E-state index in [1.54, 1.807) is 0 Å². The summed E-state index contributed by atoms with van der Waals surface area (Å²) in [6.45, 7) is 4.61. The number of carbonyl (C=O) groups excluding carboxylic acids is 1. The molecule has 1 unspecified atom stereocenters. The number of carbonyl (C=O) groups is 1. The Labute approximate surface area is 103 Å². The molecule has 17 heavy (non-hydrogen) atoms. The van der Waals surface area contributed by atoms with Crippen molar-refractivity contribution >= 4 is 16.0 Å². The van der Waals surface area contributed by atoms with E-state index in [0.717, 1.165) is 12.8 Å². The summed E-state index contributed by atoms with van der Waals surface area (Å²) in [4.78, 5) is 11.5. The van der Waals surface area contributed by atoms with Crippen molar-refractivity contribution < 1.29 is 17.9 Å². The van der Waals surface area contributed by atoms with E-state index < -0.39 is 10.0 Å². The average molecular weight is 263 g/mol. The van der Waals surface area contributed by atoms with E-state index >= 15 is 0 Å². The van der Waals surface area contributed by atoms with Gasteiger partial charge in [0.1, 0.15) is 0 Å². The predicted molar refractivity (Wildman–Crippen MR) is 65.0 cm³/mol. The van der Waals surface area contributed by atoms with Gasteiger partial charge < -0.3 is 4.74 Å². The highest BCUT2D eigenvalue weighted by molar-refractivity contribution is 7.88. The molecular weight excluding hydrogens is 242 g/mol. The van der Waals surface area contributed by atoms with Gasteiger partial charge in [-0.15, -0.1) is 0 Å². The molecule has 0 aromatic carbocycles. The molecule has 0 bridgehead atoms. The van der Waals surface area contributed by atoms with Crippen LogP contribution in [0, 0.1) is 5.92 Å². The van der Waals surface area contributed by atoms with Crippen LogP contribution >= 0.6 is 0 Å². The van der Waals surface area contributed by atoms with E-state index in [2.05, 4.69) is 0 Å². The minimum atomic E-state index is -3.14. The third-order valence-electron chi connectivity index (χ3n) is 2.77. The van der Waals surface area contributed by atoms with Crippen LogP contribution < -0.4 is 0 Å². The molecule has 1 heterocycles. The van der Waals surface area contributed by atoms with Gasteiger partial charge in [-0.05, 0) is 32.6 Å². The maximum absolute atomic E-state index is 11.5. The Morgan fingerprint density at radius 3 is 2.65 bits per heavy atom. The number of piperidine rings is 1. The lowest BCUT2D eigenvalue weighted by Crippen LogP contribution is -2.40. The largest absolute Gasteiger partial charge is 0.463 e. The smallest absolute Gasteiger partial charge is 0.306 e. The highest BCUT2D eigenvalue weighted by Gasteiger charge is 2.27. The highest BCUT2D eigenvalue weighted by atomic mass is 32.2. The Kier molecular flexibility index (Phi) is 4.94. The second kappa shape index (κ2) is 5.82. The Bertz CT molecular complexity index is 364. The van der Waals surface area contributed by atoms with Gasteiger partial charge in [-0.1, -0.05) is 0 Å². The zero-order chi connectivity index (χ0) is 13.1. The molecule has 0 saturated carbocycles. The summed E-state index contributed by atoms with van der Waals surface area (Å²) in [6.07, 6.45) is 3.11. The quantitative estimate of drug-likeness (QED) is 0.710. The minimum absolute atomic E-state index is 0.0877. The molecular formula is C11H21NO4S. The van der Waals surface area contributed by atoms with Crippen LogP contribution in [0.5, 0.6) is 0 Å². The van der Waals surface area contributed by atoms with E-state index in [1.807, 2.05) is 13.8 Å². The zero-order valence-corrected chi connectivity index (χ0v) is 11.5. The lowest BCUT2D eigenvalue weighted by Gasteiger charge is -2.30. The fraction of sp³-hybridized carbons (Fsp3) is 0.909. The van der Waals surface area contributed by atoms with Crippen LogP contribution in [0.3, 0.4) is 0 Å². The van der Waals surface area contributed by atoms with Gasteiger partial charge in [0.05, 0.1) is 12.4 Å². The van der Waals surface area contributed by atoms with Gasteiger partial charge in [-0.2, -0.15) is 0 Å². The van der Waals surface area contributed by atoms with Crippen LogP contribution in [0.2, 0.25) is 0 Å². The van der Waals surface area contributed by atoms with Crippen LogP contribution in [0.4, 0.5) is 0 Å². The molecule has 6 heteroatoms. The number of rotatable bonds is 4. The molecule has 0 spiro atoms. The van der Waals surface area contributed by atoms with E-state index in [4.69, 9.17) is 4.74 Å². The minimum Gasteiger partial charge on any atom is -0.463 e. The van der Waals surface area contributed by atoms with Crippen molar-refractivity contribution in [1.29, 1.82) is 0 Å². The SMILES string of the molecule is CC(C)OC(=O)CC1CCCN(S(C)(=O)=O)C1. The van der Waals surface area contributed by atoms with Gasteiger partial charge >= 0.3 is 5.97 Å². The number of hydrogen-bond acceptors (Lipinski definition) is 4. The first-order chi connectivity index (χ1) is 7.79. The third kappa shape index (κ3) is 5.04. The Hall–Kier alpha value is -0.620. The first-order valence-electron chi connectivity index (χ1n) is 5.93. The van der Waals surface area contributed by atoms with Gasteiger partial charge in [0.2, 0.25) is 10.0 Å². The van der Waals surface area contributed by atoms with Crippen molar-refractivity contribution in [1.82, 2.24) is 4.31 Å². The monoisotopic (exact) mass is 263 g/mol. The van der Waals surface area contributed by atoms with Gasteiger partial charge in [-0.25, -0.2) is 12.7 Å². The van der Waals surface area contributed by atoms with Crippen molar-refractivity contribution in [3.63, 3.8) is 0 Å². The highest BCUT2D eigenvalue weighted by Crippen LogP contribution is 2.21. The molecule has 1 atom stereocenters. The number of sulfonamides is 1. The van der Waals surface area contributed by atoms with Crippen LogP contribution in [0.25, 0.3) is 0 Å². The molecule has 0 aromatic heterocycles. The lowest BCUT2D eigenvalue weighted by molar-refractivity contribution is -0.148. The molecule has 1 saturated heterocycles. The van der Waals surface area contributed by atoms with Crippen molar-refractivity contribution in [2.24, 2.45) is 5.92 Å². The summed E-state index contributed by atoms with van der Waals surface area (Å²) in [5, 5.41) is 0. The van der Waals surface area contributed by atoms with Gasteiger partial charge in [0, 0.05) is 19.5 Å². The van der Waals surface area contributed by atoms with Gasteiger partial charge in [0.25, 0.3) is 0 Å². The van der Waals surface area contributed by atoms with E-state index in [0.29, 0.717) is 19.5 Å². The molecule has 1 aliphatic rings. The molecule has 5 nitrogen and oxygen atoms in total. The predicted octanol–water partition coefficient (Wildman–Crippen LogP) is 1.000. The number of hydrogen-bond donors (Lipinski definition) is 0. The lowest BCUT2D eigenvalue weighted by atomic mass is 9.96. The Morgan fingerprint density at radius 1 is 1.47 bits per heavy atom. The molecule has 1 rings (SSSR count). The average Bonchev–Trinajstić information content (AvgIpc) is 2.15. The van der Waals surface area contributed by atoms with Crippen molar-refractivity contribution in [2.45, 2.75) is 39.2 Å². The second-order valence-corrected chi connectivity index (χ2v) is 6.85. The van der Waals surface area contributed by atoms with Crippen molar-refractivity contribution in [3.05, 3.63) is 0 Å². The van der Waals surface area contributed by atoms with Crippen LogP contribution in [0.15, 0.2) is 0 Å². The summed E-state index contributed by atoms with van der Waals surface area (Å²) in [7, 11) is -3.14. The molecule has 100 valence electrons. The molecule has 0 radical (unpaired) electrons. The van der Waals surface area contributed by atoms with Gasteiger partial charge in [-0.3, -0.25) is 4.79 Å². The fourth-order valence-corrected chi connectivity index (χ4v) is 2.98. The number of nitrogens with zero attached hydrogens (tertiary/aromatic N) is 1. The summed E-state index contributed by atoms with van der Waals surface area (Å²) < 4.78 is 29.3. The first kappa shape index (κ1) is 14.4. The summed E-state index contributed by atoms with van der Waals surface area (Å²) in [5.41, 5.74) is 0. The summed E-state index contributed by atoms with van der Waals surface area (Å²) in [5.74, 6) is -0.148. The fourth-order valence-electron chi connectivity index (χ4n) is 2.04. The van der Waals surface area contributed by atoms with E-state index in [9.17, 15) is 13.2 Å². The molecule has 1 aliphatic heterocycles. The van der Waals surface area contributed by atoms with Crippen LogP contribution in [-0.2, 0) is 19.6 Å². The molecule has 0 amide bonds. The standard InChI is InChI=1S/C11H21NO4S/c1-9(2)16-11(13)7-10-5-4-6-12(8-10)17(3,14)15/h9-10H,4-8H2,1-3H3. The molecule has 1 fully saturated rings. The summed E-state index contributed by atoms with van der Waals surface area (Å²) in [6, 6.07) is 0. The summed E-state index contributed by atoms with van der Waals surface area (Å²) >= 11 is 0. The topological polar surface area (TPSA) is 63.7 Å². The Morgan fingerprint density at radius 2 is 2.12 bits per heavy atom. The van der Waals surface area contributed by atoms with Gasteiger partial charge in [0.15, 0.2) is 0 Å². The third-order valence-corrected chi connectivity index (χ3v) is 4.04. The molecule has 0 N–H and O–H groups in total.